The monoisotopic (exact) mass is 289 g/mol. The molecule has 0 bridgehead atoms. The van der Waals surface area contributed by atoms with Crippen LogP contribution in [-0.4, -0.2) is 36.5 Å². The summed E-state index contributed by atoms with van der Waals surface area (Å²) in [6.45, 7) is 3.20. The number of rotatable bonds is 2. The molecule has 5 heteroatoms. The quantitative estimate of drug-likeness (QED) is 0.791. The van der Waals surface area contributed by atoms with Crippen LogP contribution in [0, 0.1) is 17.8 Å². The molecule has 3 heterocycles. The normalized spacial score (nSPS) is 25.8. The highest BCUT2D eigenvalue weighted by atomic mass is 32.1. The summed E-state index contributed by atoms with van der Waals surface area (Å²) in [6, 6.07) is 4.57. The molecule has 3 rings (SSSR count). The van der Waals surface area contributed by atoms with Crippen LogP contribution in [0.5, 0.6) is 0 Å². The minimum absolute atomic E-state index is 0.195. The molecule has 2 aliphatic rings. The molecule has 20 heavy (non-hydrogen) atoms. The van der Waals surface area contributed by atoms with Crippen molar-refractivity contribution in [3.63, 3.8) is 0 Å². The topological polar surface area (TPSA) is 58.4 Å². The Morgan fingerprint density at radius 1 is 1.50 bits per heavy atom. The fraction of sp³-hybridized carbons (Fsp3) is 0.533. The summed E-state index contributed by atoms with van der Waals surface area (Å²) in [4.78, 5) is 16.6. The van der Waals surface area contributed by atoms with Gasteiger partial charge in [-0.3, -0.25) is 9.69 Å². The number of piperidine rings is 1. The zero-order valence-electron chi connectivity index (χ0n) is 11.4. The van der Waals surface area contributed by atoms with Crippen LogP contribution in [0.3, 0.4) is 0 Å². The van der Waals surface area contributed by atoms with Crippen molar-refractivity contribution >= 4 is 17.2 Å². The van der Waals surface area contributed by atoms with Crippen LogP contribution in [0.25, 0.3) is 0 Å². The molecular weight excluding hydrogens is 270 g/mol. The third-order valence-corrected chi connectivity index (χ3v) is 5.04. The van der Waals surface area contributed by atoms with Crippen LogP contribution < -0.4 is 11.1 Å². The lowest BCUT2D eigenvalue weighted by Gasteiger charge is -2.35. The van der Waals surface area contributed by atoms with Gasteiger partial charge in [0.1, 0.15) is 0 Å². The molecule has 0 aromatic carbocycles. The summed E-state index contributed by atoms with van der Waals surface area (Å²) in [5.74, 6) is 6.39. The largest absolute Gasteiger partial charge is 0.354 e. The van der Waals surface area contributed by atoms with E-state index in [9.17, 15) is 4.79 Å². The molecule has 106 valence electrons. The highest BCUT2D eigenvalue weighted by Gasteiger charge is 2.40. The van der Waals surface area contributed by atoms with Gasteiger partial charge in [0, 0.05) is 24.0 Å². The van der Waals surface area contributed by atoms with E-state index in [4.69, 9.17) is 5.73 Å². The Bertz CT molecular complexity index is 557. The molecule has 2 unspecified atom stereocenters. The SMILES string of the molecule is NCC#Cc1ccc(CN2CCCC3C(=O)NCC32)s1. The van der Waals surface area contributed by atoms with Crippen molar-refractivity contribution in [3.05, 3.63) is 21.9 Å². The molecule has 1 amide bonds. The van der Waals surface area contributed by atoms with E-state index in [0.717, 1.165) is 37.4 Å². The lowest BCUT2D eigenvalue weighted by atomic mass is 9.91. The Hall–Kier alpha value is -1.35. The van der Waals surface area contributed by atoms with Gasteiger partial charge in [0.15, 0.2) is 0 Å². The molecule has 0 aliphatic carbocycles. The Labute approximate surface area is 123 Å². The van der Waals surface area contributed by atoms with E-state index in [2.05, 4.69) is 34.2 Å². The van der Waals surface area contributed by atoms with Gasteiger partial charge in [0.05, 0.1) is 17.3 Å². The predicted octanol–water partition coefficient (Wildman–Crippen LogP) is 0.769. The van der Waals surface area contributed by atoms with Crippen molar-refractivity contribution in [2.24, 2.45) is 11.7 Å². The summed E-state index contributed by atoms with van der Waals surface area (Å²) in [5, 5.41) is 3.00. The first kappa shape index (κ1) is 13.6. The first-order valence-electron chi connectivity index (χ1n) is 7.07. The fourth-order valence-electron chi connectivity index (χ4n) is 3.11. The van der Waals surface area contributed by atoms with Crippen molar-refractivity contribution in [2.45, 2.75) is 25.4 Å². The van der Waals surface area contributed by atoms with E-state index in [0.29, 0.717) is 12.6 Å². The molecule has 2 aliphatic heterocycles. The average Bonchev–Trinajstić information content (AvgIpc) is 3.05. The molecule has 1 aromatic rings. The minimum Gasteiger partial charge on any atom is -0.354 e. The number of thiophene rings is 1. The maximum absolute atomic E-state index is 11.8. The van der Waals surface area contributed by atoms with Gasteiger partial charge < -0.3 is 11.1 Å². The van der Waals surface area contributed by atoms with E-state index in [1.54, 1.807) is 11.3 Å². The van der Waals surface area contributed by atoms with Gasteiger partial charge in [0.25, 0.3) is 0 Å². The summed E-state index contributed by atoms with van der Waals surface area (Å²) in [6.07, 6.45) is 2.14. The molecule has 2 saturated heterocycles. The lowest BCUT2D eigenvalue weighted by molar-refractivity contribution is -0.124. The predicted molar refractivity (Wildman–Crippen MR) is 80.2 cm³/mol. The third kappa shape index (κ3) is 2.73. The average molecular weight is 289 g/mol. The van der Waals surface area contributed by atoms with Crippen LogP contribution in [0.2, 0.25) is 0 Å². The van der Waals surface area contributed by atoms with Crippen molar-refractivity contribution in [3.8, 4) is 11.8 Å². The van der Waals surface area contributed by atoms with E-state index in [1.807, 2.05) is 0 Å². The van der Waals surface area contributed by atoms with Crippen LogP contribution in [0.15, 0.2) is 12.1 Å². The number of hydrogen-bond acceptors (Lipinski definition) is 4. The van der Waals surface area contributed by atoms with Crippen molar-refractivity contribution in [1.29, 1.82) is 0 Å². The number of likely N-dealkylation sites (tertiary alicyclic amines) is 1. The second kappa shape index (κ2) is 5.96. The molecule has 3 N–H and O–H groups in total. The van der Waals surface area contributed by atoms with Crippen molar-refractivity contribution in [1.82, 2.24) is 10.2 Å². The highest BCUT2D eigenvalue weighted by molar-refractivity contribution is 7.12. The summed E-state index contributed by atoms with van der Waals surface area (Å²) in [7, 11) is 0. The van der Waals surface area contributed by atoms with E-state index < -0.39 is 0 Å². The zero-order valence-corrected chi connectivity index (χ0v) is 12.2. The van der Waals surface area contributed by atoms with Gasteiger partial charge in [0.2, 0.25) is 5.91 Å². The molecule has 1 aromatic heterocycles. The number of nitrogens with two attached hydrogens (primary N) is 1. The Morgan fingerprint density at radius 3 is 3.25 bits per heavy atom. The first-order valence-corrected chi connectivity index (χ1v) is 7.89. The molecular formula is C15H19N3OS. The van der Waals surface area contributed by atoms with E-state index in [-0.39, 0.29) is 11.8 Å². The molecule has 0 saturated carbocycles. The summed E-state index contributed by atoms with van der Waals surface area (Å²) < 4.78 is 0. The Balaban J connectivity index is 1.68. The van der Waals surface area contributed by atoms with E-state index in [1.165, 1.54) is 4.88 Å². The number of carbonyl (C=O) groups is 1. The summed E-state index contributed by atoms with van der Waals surface area (Å²) >= 11 is 1.73. The maximum atomic E-state index is 11.8. The Kier molecular flexibility index (Phi) is 4.06. The molecule has 2 fully saturated rings. The highest BCUT2D eigenvalue weighted by Crippen LogP contribution is 2.29. The Morgan fingerprint density at radius 2 is 2.40 bits per heavy atom. The van der Waals surface area contributed by atoms with Gasteiger partial charge in [-0.15, -0.1) is 11.3 Å². The standard InChI is InChI=1S/C15H19N3OS/c16-7-1-3-11-5-6-12(20-11)10-18-8-2-4-13-14(18)9-17-15(13)19/h5-6,13-14H,2,4,7-10,16H2,(H,17,19). The molecule has 0 spiro atoms. The van der Waals surface area contributed by atoms with Gasteiger partial charge in [-0.1, -0.05) is 11.8 Å². The van der Waals surface area contributed by atoms with Crippen LogP contribution >= 0.6 is 11.3 Å². The smallest absolute Gasteiger partial charge is 0.224 e. The van der Waals surface area contributed by atoms with Gasteiger partial charge in [-0.2, -0.15) is 0 Å². The number of amides is 1. The second-order valence-corrected chi connectivity index (χ2v) is 6.47. The van der Waals surface area contributed by atoms with Crippen LogP contribution in [0.1, 0.15) is 22.6 Å². The third-order valence-electron chi connectivity index (χ3n) is 4.05. The molecule has 4 nitrogen and oxygen atoms in total. The second-order valence-electron chi connectivity index (χ2n) is 5.30. The first-order chi connectivity index (χ1) is 9.78. The number of fused-ring (bicyclic) bond motifs is 1. The number of nitrogens with one attached hydrogen (secondary N) is 1. The van der Waals surface area contributed by atoms with Gasteiger partial charge in [-0.25, -0.2) is 0 Å². The van der Waals surface area contributed by atoms with Crippen molar-refractivity contribution < 1.29 is 4.79 Å². The van der Waals surface area contributed by atoms with E-state index >= 15 is 0 Å². The lowest BCUT2D eigenvalue weighted by Crippen LogP contribution is -2.44. The van der Waals surface area contributed by atoms with Crippen LogP contribution in [0.4, 0.5) is 0 Å². The summed E-state index contributed by atoms with van der Waals surface area (Å²) in [5.41, 5.74) is 5.39. The van der Waals surface area contributed by atoms with Crippen LogP contribution in [-0.2, 0) is 11.3 Å². The van der Waals surface area contributed by atoms with Gasteiger partial charge >= 0.3 is 0 Å². The fourth-order valence-corrected chi connectivity index (χ4v) is 4.01. The number of carbonyl (C=O) groups excluding carboxylic acids is 1. The zero-order chi connectivity index (χ0) is 13.9. The van der Waals surface area contributed by atoms with Gasteiger partial charge in [-0.05, 0) is 31.5 Å². The number of hydrogen-bond donors (Lipinski definition) is 2. The number of nitrogens with zero attached hydrogens (tertiary/aromatic N) is 1. The van der Waals surface area contributed by atoms with Crippen molar-refractivity contribution in [2.75, 3.05) is 19.6 Å². The molecule has 2 atom stereocenters. The minimum atomic E-state index is 0.195. The maximum Gasteiger partial charge on any atom is 0.224 e. The molecule has 0 radical (unpaired) electrons.